The Morgan fingerprint density at radius 3 is 2.48 bits per heavy atom. The molecule has 31 heavy (non-hydrogen) atoms. The number of hydrogen-bond donors (Lipinski definition) is 1. The molecule has 0 aliphatic heterocycles. The summed E-state index contributed by atoms with van der Waals surface area (Å²) in [5, 5.41) is 7.30. The van der Waals surface area contributed by atoms with Gasteiger partial charge in [0.25, 0.3) is 5.91 Å². The average Bonchev–Trinajstić information content (AvgIpc) is 3.13. The van der Waals surface area contributed by atoms with Gasteiger partial charge in [0.2, 0.25) is 5.88 Å². The second-order valence-electron chi connectivity index (χ2n) is 6.35. The summed E-state index contributed by atoms with van der Waals surface area (Å²) in [6.07, 6.45) is -4.25. The van der Waals surface area contributed by atoms with E-state index in [0.717, 1.165) is 10.2 Å². The lowest BCUT2D eigenvalue weighted by Gasteiger charge is -2.11. The van der Waals surface area contributed by atoms with Crippen LogP contribution in [0.4, 0.5) is 13.2 Å². The van der Waals surface area contributed by atoms with E-state index in [-0.39, 0.29) is 23.1 Å². The molecule has 3 rings (SSSR count). The Hall–Kier alpha value is -2.42. The standard InChI is InChI=1S/C20H15Cl3F3N3O2/c21-13-6-5-12(15(23)9-13)7-8-27-18(30)11-31-19-10-17(20(24,25)26)28-29(19)16-4-2-1-3-14(16)22/h1-6,9-10H,7-8,11H2,(H,27,30). The van der Waals surface area contributed by atoms with Crippen LogP contribution in [0.15, 0.2) is 48.5 Å². The molecule has 0 aliphatic rings. The van der Waals surface area contributed by atoms with Gasteiger partial charge in [0.05, 0.1) is 10.7 Å². The summed E-state index contributed by atoms with van der Waals surface area (Å²) in [7, 11) is 0. The maximum absolute atomic E-state index is 13.1. The highest BCUT2D eigenvalue weighted by atomic mass is 35.5. The predicted molar refractivity (Wildman–Crippen MR) is 112 cm³/mol. The summed E-state index contributed by atoms with van der Waals surface area (Å²) < 4.78 is 45.6. The van der Waals surface area contributed by atoms with E-state index >= 15 is 0 Å². The smallest absolute Gasteiger partial charge is 0.435 e. The van der Waals surface area contributed by atoms with Crippen molar-refractivity contribution in [1.82, 2.24) is 15.1 Å². The molecule has 0 unspecified atom stereocenters. The molecule has 164 valence electrons. The van der Waals surface area contributed by atoms with Gasteiger partial charge >= 0.3 is 6.18 Å². The van der Waals surface area contributed by atoms with Crippen LogP contribution in [0.1, 0.15) is 11.3 Å². The number of carbonyl (C=O) groups is 1. The van der Waals surface area contributed by atoms with Gasteiger partial charge in [-0.1, -0.05) is 53.0 Å². The van der Waals surface area contributed by atoms with Crippen molar-refractivity contribution in [3.05, 3.63) is 74.9 Å². The average molecular weight is 493 g/mol. The minimum absolute atomic E-state index is 0.175. The van der Waals surface area contributed by atoms with Crippen molar-refractivity contribution in [3.63, 3.8) is 0 Å². The number of para-hydroxylation sites is 1. The molecule has 0 radical (unpaired) electrons. The molecule has 0 atom stereocenters. The van der Waals surface area contributed by atoms with Gasteiger partial charge in [-0.15, -0.1) is 0 Å². The van der Waals surface area contributed by atoms with E-state index < -0.39 is 24.4 Å². The van der Waals surface area contributed by atoms with E-state index in [1.807, 2.05) is 0 Å². The van der Waals surface area contributed by atoms with Crippen LogP contribution in [0.25, 0.3) is 5.69 Å². The Labute approximate surface area is 190 Å². The zero-order chi connectivity index (χ0) is 22.6. The Bertz CT molecular complexity index is 1090. The van der Waals surface area contributed by atoms with E-state index in [4.69, 9.17) is 39.5 Å². The van der Waals surface area contributed by atoms with Crippen molar-refractivity contribution in [2.24, 2.45) is 0 Å². The van der Waals surface area contributed by atoms with E-state index in [1.54, 1.807) is 30.3 Å². The SMILES string of the molecule is O=C(COc1cc(C(F)(F)F)nn1-c1ccccc1Cl)NCCc1ccc(Cl)cc1Cl. The zero-order valence-corrected chi connectivity index (χ0v) is 18.0. The van der Waals surface area contributed by atoms with Gasteiger partial charge in [-0.3, -0.25) is 4.79 Å². The highest BCUT2D eigenvalue weighted by Gasteiger charge is 2.36. The highest BCUT2D eigenvalue weighted by Crippen LogP contribution is 2.33. The van der Waals surface area contributed by atoms with Gasteiger partial charge in [0.1, 0.15) is 0 Å². The first-order chi connectivity index (χ1) is 14.6. The normalized spacial score (nSPS) is 11.4. The quantitative estimate of drug-likeness (QED) is 0.468. The van der Waals surface area contributed by atoms with Gasteiger partial charge in [0.15, 0.2) is 12.3 Å². The molecule has 3 aromatic rings. The number of ether oxygens (including phenoxy) is 1. The number of hydrogen-bond acceptors (Lipinski definition) is 3. The molecule has 11 heteroatoms. The lowest BCUT2D eigenvalue weighted by atomic mass is 10.1. The first-order valence-corrected chi connectivity index (χ1v) is 10.0. The van der Waals surface area contributed by atoms with Crippen LogP contribution in [0, 0.1) is 0 Å². The van der Waals surface area contributed by atoms with Gasteiger partial charge in [0, 0.05) is 22.7 Å². The topological polar surface area (TPSA) is 56.1 Å². The molecule has 0 aliphatic carbocycles. The first kappa shape index (κ1) is 23.2. The third-order valence-corrected chi connectivity index (χ3v) is 5.04. The summed E-state index contributed by atoms with van der Waals surface area (Å²) in [4.78, 5) is 12.1. The van der Waals surface area contributed by atoms with Crippen LogP contribution in [0.5, 0.6) is 5.88 Å². The minimum Gasteiger partial charge on any atom is -0.467 e. The molecule has 1 heterocycles. The second-order valence-corrected chi connectivity index (χ2v) is 7.60. The molecule has 0 saturated carbocycles. The monoisotopic (exact) mass is 491 g/mol. The molecule has 0 saturated heterocycles. The lowest BCUT2D eigenvalue weighted by Crippen LogP contribution is -2.30. The van der Waals surface area contributed by atoms with Crippen LogP contribution in [-0.4, -0.2) is 28.8 Å². The third-order valence-electron chi connectivity index (χ3n) is 4.13. The van der Waals surface area contributed by atoms with Gasteiger partial charge in [-0.05, 0) is 36.2 Å². The van der Waals surface area contributed by atoms with Crippen LogP contribution in [0.3, 0.4) is 0 Å². The van der Waals surface area contributed by atoms with Crippen molar-refractivity contribution in [1.29, 1.82) is 0 Å². The molecule has 0 spiro atoms. The van der Waals surface area contributed by atoms with Crippen molar-refractivity contribution in [2.75, 3.05) is 13.2 Å². The summed E-state index contributed by atoms with van der Waals surface area (Å²) >= 11 is 18.0. The number of nitrogens with one attached hydrogen (secondary N) is 1. The van der Waals surface area contributed by atoms with Crippen LogP contribution >= 0.6 is 34.8 Å². The van der Waals surface area contributed by atoms with Gasteiger partial charge in [-0.25, -0.2) is 0 Å². The zero-order valence-electron chi connectivity index (χ0n) is 15.7. The molecular formula is C20H15Cl3F3N3O2. The maximum Gasteiger partial charge on any atom is 0.435 e. The third kappa shape index (κ3) is 6.06. The molecule has 1 amide bonds. The maximum atomic E-state index is 13.1. The minimum atomic E-state index is -4.69. The van der Waals surface area contributed by atoms with Crippen molar-refractivity contribution < 1.29 is 22.7 Å². The second kappa shape index (κ2) is 9.80. The van der Waals surface area contributed by atoms with Crippen molar-refractivity contribution in [2.45, 2.75) is 12.6 Å². The van der Waals surface area contributed by atoms with Crippen molar-refractivity contribution >= 4 is 40.7 Å². The summed E-state index contributed by atoms with van der Waals surface area (Å²) in [5.41, 5.74) is -0.188. The number of alkyl halides is 3. The van der Waals surface area contributed by atoms with E-state index in [2.05, 4.69) is 10.4 Å². The molecular weight excluding hydrogens is 478 g/mol. The largest absolute Gasteiger partial charge is 0.467 e. The molecule has 0 bridgehead atoms. The number of rotatable bonds is 7. The Kier molecular flexibility index (Phi) is 7.35. The molecule has 1 aromatic heterocycles. The van der Waals surface area contributed by atoms with Crippen LogP contribution in [0.2, 0.25) is 15.1 Å². The van der Waals surface area contributed by atoms with Crippen LogP contribution < -0.4 is 10.1 Å². The fraction of sp³-hybridized carbons (Fsp3) is 0.200. The lowest BCUT2D eigenvalue weighted by molar-refractivity contribution is -0.141. The number of carbonyl (C=O) groups excluding carboxylic acids is 1. The van der Waals surface area contributed by atoms with E-state index in [9.17, 15) is 18.0 Å². The Morgan fingerprint density at radius 2 is 1.81 bits per heavy atom. The Morgan fingerprint density at radius 1 is 1.06 bits per heavy atom. The fourth-order valence-electron chi connectivity index (χ4n) is 2.65. The van der Waals surface area contributed by atoms with E-state index in [0.29, 0.717) is 22.5 Å². The molecule has 2 aromatic carbocycles. The Balaban J connectivity index is 1.65. The fourth-order valence-corrected chi connectivity index (χ4v) is 3.37. The number of halogens is 6. The summed E-state index contributed by atoms with van der Waals surface area (Å²) in [5.74, 6) is -0.790. The molecule has 1 N–H and O–H groups in total. The first-order valence-electron chi connectivity index (χ1n) is 8.91. The van der Waals surface area contributed by atoms with Crippen molar-refractivity contribution in [3.8, 4) is 11.6 Å². The number of amides is 1. The van der Waals surface area contributed by atoms with E-state index in [1.165, 1.54) is 12.1 Å². The van der Waals surface area contributed by atoms with Gasteiger partial charge < -0.3 is 10.1 Å². The summed E-state index contributed by atoms with van der Waals surface area (Å²) in [6, 6.07) is 11.9. The predicted octanol–water partition coefficient (Wildman–Crippen LogP) is 5.59. The highest BCUT2D eigenvalue weighted by molar-refractivity contribution is 6.35. The summed E-state index contributed by atoms with van der Waals surface area (Å²) in [6.45, 7) is -0.261. The number of benzene rings is 2. The molecule has 5 nitrogen and oxygen atoms in total. The van der Waals surface area contributed by atoms with Gasteiger partial charge in [-0.2, -0.15) is 23.0 Å². The number of aromatic nitrogens is 2. The number of nitrogens with zero attached hydrogens (tertiary/aromatic N) is 2. The molecule has 0 fully saturated rings. The van der Waals surface area contributed by atoms with Crippen LogP contribution in [-0.2, 0) is 17.4 Å².